The van der Waals surface area contributed by atoms with Crippen molar-refractivity contribution in [3.8, 4) is 5.75 Å². The number of rotatable bonds is 7. The van der Waals surface area contributed by atoms with Gasteiger partial charge in [-0.1, -0.05) is 0 Å². The molecular formula is C20H24N4O4. The van der Waals surface area contributed by atoms with Crippen LogP contribution in [0.1, 0.15) is 22.3 Å². The van der Waals surface area contributed by atoms with Crippen molar-refractivity contribution in [3.05, 3.63) is 54.1 Å². The van der Waals surface area contributed by atoms with Crippen molar-refractivity contribution in [1.29, 1.82) is 0 Å². The number of ether oxygens (including phenoxy) is 2. The molecule has 28 heavy (non-hydrogen) atoms. The number of likely N-dealkylation sites (tertiary alicyclic amines) is 1. The molecule has 1 aliphatic heterocycles. The van der Waals surface area contributed by atoms with Gasteiger partial charge in [0.1, 0.15) is 17.9 Å². The van der Waals surface area contributed by atoms with Crippen molar-refractivity contribution in [2.24, 2.45) is 0 Å². The Labute approximate surface area is 163 Å². The van der Waals surface area contributed by atoms with Gasteiger partial charge in [0.05, 0.1) is 24.9 Å². The standard InChI is InChI=1S/C20H24N4O4/c1-14-5-7-22-12-17(14)20(26)24-13-16(28-15-4-3-6-21-11-15)10-18(24)19(25)23-8-9-27-2/h3-7,11-12,16,18H,8-10,13H2,1-2H3,(H,23,25)/t16-,18-/m0/s1. The van der Waals surface area contributed by atoms with Gasteiger partial charge in [-0.05, 0) is 30.7 Å². The van der Waals surface area contributed by atoms with E-state index in [1.807, 2.05) is 6.92 Å². The largest absolute Gasteiger partial charge is 0.487 e. The fourth-order valence-electron chi connectivity index (χ4n) is 3.20. The lowest BCUT2D eigenvalue weighted by Crippen LogP contribution is -2.46. The fraction of sp³-hybridized carbons (Fsp3) is 0.400. The highest BCUT2D eigenvalue weighted by Gasteiger charge is 2.41. The molecular weight excluding hydrogens is 360 g/mol. The van der Waals surface area contributed by atoms with Crippen LogP contribution in [0, 0.1) is 6.92 Å². The Morgan fingerprint density at radius 2 is 2.07 bits per heavy atom. The highest BCUT2D eigenvalue weighted by molar-refractivity contribution is 5.98. The van der Waals surface area contributed by atoms with Crippen LogP contribution in [0.2, 0.25) is 0 Å². The first kappa shape index (κ1) is 19.8. The van der Waals surface area contributed by atoms with Crippen LogP contribution in [0.25, 0.3) is 0 Å². The smallest absolute Gasteiger partial charge is 0.256 e. The van der Waals surface area contributed by atoms with Crippen LogP contribution < -0.4 is 10.1 Å². The Morgan fingerprint density at radius 1 is 1.25 bits per heavy atom. The van der Waals surface area contributed by atoms with Crippen molar-refractivity contribution in [2.75, 3.05) is 26.8 Å². The number of amides is 2. The van der Waals surface area contributed by atoms with Crippen LogP contribution in [-0.4, -0.2) is 65.6 Å². The summed E-state index contributed by atoms with van der Waals surface area (Å²) in [7, 11) is 1.57. The molecule has 148 valence electrons. The normalized spacial score (nSPS) is 18.7. The molecule has 0 radical (unpaired) electrons. The third-order valence-corrected chi connectivity index (χ3v) is 4.64. The van der Waals surface area contributed by atoms with Gasteiger partial charge >= 0.3 is 0 Å². The molecule has 2 amide bonds. The minimum Gasteiger partial charge on any atom is -0.487 e. The number of hydrogen-bond donors (Lipinski definition) is 1. The number of methoxy groups -OCH3 is 1. The summed E-state index contributed by atoms with van der Waals surface area (Å²) in [5.74, 6) is 0.164. The van der Waals surface area contributed by atoms with E-state index in [2.05, 4.69) is 15.3 Å². The Hall–Kier alpha value is -3.00. The summed E-state index contributed by atoms with van der Waals surface area (Å²) in [5.41, 5.74) is 1.30. The zero-order chi connectivity index (χ0) is 19.9. The summed E-state index contributed by atoms with van der Waals surface area (Å²) in [6.07, 6.45) is 6.55. The predicted octanol–water partition coefficient (Wildman–Crippen LogP) is 1.21. The molecule has 1 aliphatic rings. The van der Waals surface area contributed by atoms with Crippen LogP contribution in [0.15, 0.2) is 43.0 Å². The van der Waals surface area contributed by atoms with Gasteiger partial charge in [-0.2, -0.15) is 0 Å². The number of aromatic nitrogens is 2. The number of carbonyl (C=O) groups is 2. The van der Waals surface area contributed by atoms with Crippen molar-refractivity contribution in [1.82, 2.24) is 20.2 Å². The van der Waals surface area contributed by atoms with E-state index in [0.29, 0.717) is 37.4 Å². The molecule has 0 bridgehead atoms. The highest BCUT2D eigenvalue weighted by atomic mass is 16.5. The van der Waals surface area contributed by atoms with Crippen molar-refractivity contribution in [3.63, 3.8) is 0 Å². The summed E-state index contributed by atoms with van der Waals surface area (Å²) in [4.78, 5) is 35.5. The lowest BCUT2D eigenvalue weighted by Gasteiger charge is -2.24. The molecule has 1 saturated heterocycles. The maximum atomic E-state index is 13.1. The molecule has 0 saturated carbocycles. The molecule has 2 atom stereocenters. The predicted molar refractivity (Wildman–Crippen MR) is 102 cm³/mol. The van der Waals surface area contributed by atoms with E-state index in [0.717, 1.165) is 5.56 Å². The number of nitrogens with one attached hydrogen (secondary N) is 1. The average Bonchev–Trinajstić information content (AvgIpc) is 3.12. The van der Waals surface area contributed by atoms with Gasteiger partial charge in [0.15, 0.2) is 0 Å². The minimum absolute atomic E-state index is 0.218. The van der Waals surface area contributed by atoms with Gasteiger partial charge in [-0.15, -0.1) is 0 Å². The molecule has 2 aromatic rings. The molecule has 8 heteroatoms. The fourth-order valence-corrected chi connectivity index (χ4v) is 3.20. The van der Waals surface area contributed by atoms with Crippen LogP contribution in [0.5, 0.6) is 5.75 Å². The first-order valence-electron chi connectivity index (χ1n) is 9.15. The maximum absolute atomic E-state index is 13.1. The molecule has 0 unspecified atom stereocenters. The molecule has 0 aromatic carbocycles. The minimum atomic E-state index is -0.620. The summed E-state index contributed by atoms with van der Waals surface area (Å²) in [5, 5.41) is 2.82. The van der Waals surface area contributed by atoms with Gasteiger partial charge in [-0.25, -0.2) is 0 Å². The second-order valence-corrected chi connectivity index (χ2v) is 6.61. The Balaban J connectivity index is 1.78. The van der Waals surface area contributed by atoms with Crippen LogP contribution in [0.3, 0.4) is 0 Å². The third-order valence-electron chi connectivity index (χ3n) is 4.64. The molecule has 0 aliphatic carbocycles. The quantitative estimate of drug-likeness (QED) is 0.721. The first-order chi connectivity index (χ1) is 13.6. The zero-order valence-electron chi connectivity index (χ0n) is 16.0. The lowest BCUT2D eigenvalue weighted by atomic mass is 10.1. The van der Waals surface area contributed by atoms with Gasteiger partial charge in [0.25, 0.3) is 5.91 Å². The van der Waals surface area contributed by atoms with E-state index in [-0.39, 0.29) is 17.9 Å². The van der Waals surface area contributed by atoms with E-state index < -0.39 is 6.04 Å². The summed E-state index contributed by atoms with van der Waals surface area (Å²) in [6, 6.07) is 4.74. The topological polar surface area (TPSA) is 93.7 Å². The van der Waals surface area contributed by atoms with E-state index in [1.54, 1.807) is 48.8 Å². The molecule has 1 N–H and O–H groups in total. The summed E-state index contributed by atoms with van der Waals surface area (Å²) >= 11 is 0. The number of aryl methyl sites for hydroxylation is 1. The van der Waals surface area contributed by atoms with E-state index >= 15 is 0 Å². The molecule has 0 spiro atoms. The third kappa shape index (κ3) is 4.64. The van der Waals surface area contributed by atoms with Crippen LogP contribution in [-0.2, 0) is 9.53 Å². The second kappa shape index (κ2) is 9.27. The van der Waals surface area contributed by atoms with Gasteiger partial charge in [0.2, 0.25) is 5.91 Å². The molecule has 2 aromatic heterocycles. The lowest BCUT2D eigenvalue weighted by molar-refractivity contribution is -0.125. The number of nitrogens with zero attached hydrogens (tertiary/aromatic N) is 3. The van der Waals surface area contributed by atoms with E-state index in [4.69, 9.17) is 9.47 Å². The Kier molecular flexibility index (Phi) is 6.54. The molecule has 3 rings (SSSR count). The second-order valence-electron chi connectivity index (χ2n) is 6.61. The SMILES string of the molecule is COCCNC(=O)[C@@H]1C[C@H](Oc2cccnc2)CN1C(=O)c1cnccc1C. The molecule has 8 nitrogen and oxygen atoms in total. The average molecular weight is 384 g/mol. The number of carbonyl (C=O) groups excluding carboxylic acids is 2. The highest BCUT2D eigenvalue weighted by Crippen LogP contribution is 2.25. The first-order valence-corrected chi connectivity index (χ1v) is 9.15. The maximum Gasteiger partial charge on any atom is 0.256 e. The van der Waals surface area contributed by atoms with Crippen LogP contribution in [0.4, 0.5) is 0 Å². The monoisotopic (exact) mass is 384 g/mol. The molecule has 1 fully saturated rings. The van der Waals surface area contributed by atoms with Crippen molar-refractivity contribution in [2.45, 2.75) is 25.5 Å². The van der Waals surface area contributed by atoms with Crippen molar-refractivity contribution < 1.29 is 19.1 Å². The van der Waals surface area contributed by atoms with Crippen LogP contribution >= 0.6 is 0 Å². The Morgan fingerprint density at radius 3 is 2.79 bits per heavy atom. The van der Waals surface area contributed by atoms with E-state index in [1.165, 1.54) is 6.20 Å². The van der Waals surface area contributed by atoms with E-state index in [9.17, 15) is 9.59 Å². The molecule has 3 heterocycles. The van der Waals surface area contributed by atoms with Gasteiger partial charge < -0.3 is 19.7 Å². The summed E-state index contributed by atoms with van der Waals surface area (Å²) < 4.78 is 10.9. The number of pyridine rings is 2. The van der Waals surface area contributed by atoms with Crippen molar-refractivity contribution >= 4 is 11.8 Å². The van der Waals surface area contributed by atoms with Gasteiger partial charge in [0, 0.05) is 38.7 Å². The van der Waals surface area contributed by atoms with Gasteiger partial charge in [-0.3, -0.25) is 19.6 Å². The Bertz CT molecular complexity index is 815. The summed E-state index contributed by atoms with van der Waals surface area (Å²) in [6.45, 7) is 2.95. The number of hydrogen-bond acceptors (Lipinski definition) is 6. The zero-order valence-corrected chi connectivity index (χ0v) is 16.0.